The summed E-state index contributed by atoms with van der Waals surface area (Å²) in [6.45, 7) is 1.96. The smallest absolute Gasteiger partial charge is 0.244 e. The molecule has 0 radical (unpaired) electrons. The minimum Gasteiger partial charge on any atom is -0.350 e. The lowest BCUT2D eigenvalue weighted by Crippen LogP contribution is -2.49. The average Bonchev–Trinajstić information content (AvgIpc) is 2.71. The molecule has 0 aliphatic heterocycles. The molecule has 3 rings (SSSR count). The summed E-state index contributed by atoms with van der Waals surface area (Å²) in [6, 6.07) is 16.2. The lowest BCUT2D eigenvalue weighted by molar-refractivity contribution is -0.122. The van der Waals surface area contributed by atoms with E-state index in [0.717, 1.165) is 33.0 Å². The summed E-state index contributed by atoms with van der Waals surface area (Å²) in [7, 11) is -3.83. The van der Waals surface area contributed by atoms with Crippen LogP contribution in [0.3, 0.4) is 0 Å². The summed E-state index contributed by atoms with van der Waals surface area (Å²) in [4.78, 5) is 13.0. The Morgan fingerprint density at radius 1 is 1.13 bits per heavy atom. The van der Waals surface area contributed by atoms with Crippen molar-refractivity contribution in [2.75, 3.05) is 10.6 Å². The van der Waals surface area contributed by atoms with E-state index < -0.39 is 27.8 Å². The number of nitrogens with one attached hydrogen (secondary N) is 1. The number of halogens is 2. The molecule has 0 spiro atoms. The maximum atomic E-state index is 13.6. The third kappa shape index (κ3) is 4.74. The molecule has 0 saturated carbocycles. The van der Waals surface area contributed by atoms with Crippen molar-refractivity contribution in [3.63, 3.8) is 0 Å². The van der Waals surface area contributed by atoms with Crippen LogP contribution in [0, 0.1) is 5.82 Å². The Kier molecular flexibility index (Phi) is 6.63. The number of benzene rings is 3. The van der Waals surface area contributed by atoms with Gasteiger partial charge in [0, 0.05) is 6.54 Å². The van der Waals surface area contributed by atoms with Gasteiger partial charge in [-0.05, 0) is 41.0 Å². The van der Waals surface area contributed by atoms with Gasteiger partial charge in [-0.1, -0.05) is 61.0 Å². The minimum atomic E-state index is -3.83. The highest BCUT2D eigenvalue weighted by Gasteiger charge is 2.31. The third-order valence-electron chi connectivity index (χ3n) is 4.82. The van der Waals surface area contributed by atoms with Crippen molar-refractivity contribution < 1.29 is 17.6 Å². The molecule has 0 unspecified atom stereocenters. The number of carbonyl (C=O) groups is 1. The van der Waals surface area contributed by atoms with Gasteiger partial charge in [-0.25, -0.2) is 12.8 Å². The average molecular weight is 449 g/mol. The Morgan fingerprint density at radius 2 is 1.83 bits per heavy atom. The minimum absolute atomic E-state index is 0.135. The van der Waals surface area contributed by atoms with Gasteiger partial charge in [0.15, 0.2) is 0 Å². The molecule has 1 N–H and O–H groups in total. The zero-order chi connectivity index (χ0) is 21.9. The molecule has 158 valence electrons. The predicted molar refractivity (Wildman–Crippen MR) is 119 cm³/mol. The van der Waals surface area contributed by atoms with E-state index in [9.17, 15) is 17.6 Å². The maximum absolute atomic E-state index is 13.6. The number of hydrogen-bond donors (Lipinski definition) is 1. The summed E-state index contributed by atoms with van der Waals surface area (Å²) in [5.41, 5.74) is 1.06. The molecular weight excluding hydrogens is 427 g/mol. The fourth-order valence-electron chi connectivity index (χ4n) is 3.43. The molecular formula is C22H22ClFN2O3S. The number of nitrogens with zero attached hydrogens (tertiary/aromatic N) is 1. The Hall–Kier alpha value is -2.64. The van der Waals surface area contributed by atoms with Gasteiger partial charge in [0.25, 0.3) is 0 Å². The van der Waals surface area contributed by atoms with Crippen LogP contribution in [-0.4, -0.2) is 26.6 Å². The lowest BCUT2D eigenvalue weighted by Gasteiger charge is -2.30. The van der Waals surface area contributed by atoms with Gasteiger partial charge in [0.2, 0.25) is 15.9 Å². The highest BCUT2D eigenvalue weighted by atomic mass is 35.5. The van der Waals surface area contributed by atoms with Crippen LogP contribution in [0.1, 0.15) is 18.9 Å². The first kappa shape index (κ1) is 22.1. The molecule has 0 aliphatic carbocycles. The second-order valence-electron chi connectivity index (χ2n) is 6.94. The highest BCUT2D eigenvalue weighted by Crippen LogP contribution is 2.27. The molecule has 3 aromatic carbocycles. The van der Waals surface area contributed by atoms with Crippen molar-refractivity contribution in [3.8, 4) is 0 Å². The first-order valence-corrected chi connectivity index (χ1v) is 11.6. The van der Waals surface area contributed by atoms with Crippen LogP contribution >= 0.6 is 11.6 Å². The van der Waals surface area contributed by atoms with Gasteiger partial charge in [-0.15, -0.1) is 0 Å². The van der Waals surface area contributed by atoms with Crippen LogP contribution < -0.4 is 9.62 Å². The number of sulfonamides is 1. The quantitative estimate of drug-likeness (QED) is 0.579. The van der Waals surface area contributed by atoms with Crippen molar-refractivity contribution in [1.82, 2.24) is 5.32 Å². The van der Waals surface area contributed by atoms with E-state index in [4.69, 9.17) is 11.6 Å². The first-order valence-electron chi connectivity index (χ1n) is 9.41. The largest absolute Gasteiger partial charge is 0.350 e. The van der Waals surface area contributed by atoms with Crippen LogP contribution in [0.5, 0.6) is 0 Å². The van der Waals surface area contributed by atoms with E-state index in [2.05, 4.69) is 5.32 Å². The summed E-state index contributed by atoms with van der Waals surface area (Å²) >= 11 is 5.84. The van der Waals surface area contributed by atoms with E-state index >= 15 is 0 Å². The Balaban J connectivity index is 1.88. The van der Waals surface area contributed by atoms with Crippen molar-refractivity contribution in [2.24, 2.45) is 0 Å². The molecule has 0 bridgehead atoms. The third-order valence-corrected chi connectivity index (χ3v) is 6.29. The Morgan fingerprint density at radius 3 is 2.50 bits per heavy atom. The maximum Gasteiger partial charge on any atom is 0.244 e. The zero-order valence-corrected chi connectivity index (χ0v) is 18.2. The number of amides is 1. The fourth-order valence-corrected chi connectivity index (χ4v) is 4.81. The molecule has 0 saturated heterocycles. The van der Waals surface area contributed by atoms with Crippen LogP contribution in [0.2, 0.25) is 5.02 Å². The number of hydrogen-bond acceptors (Lipinski definition) is 3. The van der Waals surface area contributed by atoms with Gasteiger partial charge >= 0.3 is 0 Å². The van der Waals surface area contributed by atoms with Crippen molar-refractivity contribution >= 4 is 44.0 Å². The second-order valence-corrected chi connectivity index (χ2v) is 9.20. The first-order chi connectivity index (χ1) is 14.2. The topological polar surface area (TPSA) is 66.5 Å². The van der Waals surface area contributed by atoms with Crippen LogP contribution in [0.25, 0.3) is 10.8 Å². The second kappa shape index (κ2) is 9.02. The monoisotopic (exact) mass is 448 g/mol. The fraction of sp³-hybridized carbons (Fsp3) is 0.227. The van der Waals surface area contributed by atoms with E-state index in [1.54, 1.807) is 6.92 Å². The predicted octanol–water partition coefficient (Wildman–Crippen LogP) is 4.49. The Labute approximate surface area is 180 Å². The zero-order valence-electron chi connectivity index (χ0n) is 16.6. The van der Waals surface area contributed by atoms with E-state index in [-0.39, 0.29) is 23.7 Å². The summed E-state index contributed by atoms with van der Waals surface area (Å²) < 4.78 is 39.5. The van der Waals surface area contributed by atoms with E-state index in [1.807, 2.05) is 42.5 Å². The van der Waals surface area contributed by atoms with Gasteiger partial charge in [0.1, 0.15) is 11.9 Å². The number of rotatable bonds is 7. The Bertz CT molecular complexity index is 1180. The SMILES string of the molecule is CC[C@H](C(=O)NCc1cccc2ccccc12)N(c1ccc(F)c(Cl)c1)S(C)(=O)=O. The summed E-state index contributed by atoms with van der Waals surface area (Å²) in [5.74, 6) is -1.11. The summed E-state index contributed by atoms with van der Waals surface area (Å²) in [5, 5.41) is 4.69. The van der Waals surface area contributed by atoms with Gasteiger partial charge < -0.3 is 5.32 Å². The van der Waals surface area contributed by atoms with Gasteiger partial charge in [-0.3, -0.25) is 9.10 Å². The molecule has 3 aromatic rings. The molecule has 0 heterocycles. The van der Waals surface area contributed by atoms with Gasteiger partial charge in [0.05, 0.1) is 17.0 Å². The normalized spacial score (nSPS) is 12.5. The van der Waals surface area contributed by atoms with Crippen molar-refractivity contribution in [2.45, 2.75) is 25.9 Å². The molecule has 0 aliphatic rings. The van der Waals surface area contributed by atoms with Crippen LogP contribution in [0.4, 0.5) is 10.1 Å². The molecule has 5 nitrogen and oxygen atoms in total. The number of carbonyl (C=O) groups excluding carboxylic acids is 1. The molecule has 8 heteroatoms. The highest BCUT2D eigenvalue weighted by molar-refractivity contribution is 7.92. The molecule has 30 heavy (non-hydrogen) atoms. The van der Waals surface area contributed by atoms with Crippen LogP contribution in [-0.2, 0) is 21.4 Å². The van der Waals surface area contributed by atoms with Crippen LogP contribution in [0.15, 0.2) is 60.7 Å². The van der Waals surface area contributed by atoms with E-state index in [0.29, 0.717) is 0 Å². The van der Waals surface area contributed by atoms with Crippen molar-refractivity contribution in [1.29, 1.82) is 0 Å². The molecule has 0 fully saturated rings. The number of fused-ring (bicyclic) bond motifs is 1. The summed E-state index contributed by atoms with van der Waals surface area (Å²) in [6.07, 6.45) is 1.23. The molecule has 1 atom stereocenters. The number of anilines is 1. The lowest BCUT2D eigenvalue weighted by atomic mass is 10.0. The van der Waals surface area contributed by atoms with E-state index in [1.165, 1.54) is 12.1 Å². The molecule has 1 amide bonds. The molecule has 0 aromatic heterocycles. The standard InChI is InChI=1S/C22H22ClFN2O3S/c1-3-21(26(30(2,28)29)17-11-12-20(24)19(23)13-17)22(27)25-14-16-9-6-8-15-7-4-5-10-18(15)16/h4-13,21H,3,14H2,1-2H3,(H,25,27)/t21-/m1/s1. The van der Waals surface area contributed by atoms with Crippen molar-refractivity contribution in [3.05, 3.63) is 77.1 Å². The van der Waals surface area contributed by atoms with Gasteiger partial charge in [-0.2, -0.15) is 0 Å².